The third-order valence-electron chi connectivity index (χ3n) is 9.30. The molecule has 1 aromatic heterocycles. The van der Waals surface area contributed by atoms with Crippen LogP contribution in [0.15, 0.2) is 164 Å². The van der Waals surface area contributed by atoms with E-state index in [1.807, 2.05) is 6.07 Å². The summed E-state index contributed by atoms with van der Waals surface area (Å²) in [5, 5.41) is 7.62. The van der Waals surface area contributed by atoms with Crippen molar-refractivity contribution in [2.75, 3.05) is 0 Å². The summed E-state index contributed by atoms with van der Waals surface area (Å²) < 4.78 is 2.28. The first-order valence-electron chi connectivity index (χ1n) is 15.8. The molecule has 2 nitrogen and oxygen atoms in total. The van der Waals surface area contributed by atoms with Crippen LogP contribution in [-0.4, -0.2) is 9.55 Å². The number of hydrogen-bond donors (Lipinski definition) is 0. The average molecular weight is 587 g/mol. The van der Waals surface area contributed by atoms with Crippen LogP contribution >= 0.6 is 0 Å². The fraction of sp³-hybridized carbons (Fsp3) is 0.0227. The van der Waals surface area contributed by atoms with Crippen LogP contribution in [-0.2, 0) is 0 Å². The van der Waals surface area contributed by atoms with Gasteiger partial charge in [-0.05, 0) is 97.4 Å². The molecule has 46 heavy (non-hydrogen) atoms. The highest BCUT2D eigenvalue weighted by Crippen LogP contribution is 2.45. The molecule has 0 saturated heterocycles. The van der Waals surface area contributed by atoms with Gasteiger partial charge in [0.15, 0.2) is 0 Å². The smallest absolute Gasteiger partial charge is 0.145 e. The van der Waals surface area contributed by atoms with Crippen LogP contribution < -0.4 is 0 Å². The highest BCUT2D eigenvalue weighted by Gasteiger charge is 2.19. The summed E-state index contributed by atoms with van der Waals surface area (Å²) in [7, 11) is 0. The maximum absolute atomic E-state index is 5.05. The van der Waals surface area contributed by atoms with Crippen molar-refractivity contribution in [2.24, 2.45) is 0 Å². The van der Waals surface area contributed by atoms with Gasteiger partial charge in [-0.2, -0.15) is 0 Å². The van der Waals surface area contributed by atoms with Crippen molar-refractivity contribution in [2.45, 2.75) is 6.92 Å². The molecule has 0 unspecified atom stereocenters. The molecule has 0 bridgehead atoms. The topological polar surface area (TPSA) is 17.8 Å². The summed E-state index contributed by atoms with van der Waals surface area (Å²) in [4.78, 5) is 5.05. The summed E-state index contributed by atoms with van der Waals surface area (Å²) in [6.07, 6.45) is 0. The van der Waals surface area contributed by atoms with Gasteiger partial charge in [-0.25, -0.2) is 4.98 Å². The molecule has 1 heterocycles. The third kappa shape index (κ3) is 4.15. The Morgan fingerprint density at radius 2 is 1.11 bits per heavy atom. The van der Waals surface area contributed by atoms with Crippen molar-refractivity contribution in [1.29, 1.82) is 0 Å². The molecule has 0 aliphatic carbocycles. The van der Waals surface area contributed by atoms with Gasteiger partial charge >= 0.3 is 0 Å². The van der Waals surface area contributed by atoms with Crippen LogP contribution in [0.2, 0.25) is 0 Å². The number of para-hydroxylation sites is 2. The van der Waals surface area contributed by atoms with E-state index in [1.165, 1.54) is 60.1 Å². The van der Waals surface area contributed by atoms with Gasteiger partial charge in [0, 0.05) is 11.3 Å². The zero-order chi connectivity index (χ0) is 30.6. The van der Waals surface area contributed by atoms with Crippen molar-refractivity contribution in [3.8, 4) is 39.3 Å². The molecule has 9 aromatic rings. The minimum Gasteiger partial charge on any atom is -0.292 e. The van der Waals surface area contributed by atoms with Crippen LogP contribution in [0.25, 0.3) is 82.7 Å². The second-order valence-corrected chi connectivity index (χ2v) is 12.0. The molecular formula is C44H30N2. The molecule has 2 heteroatoms. The Morgan fingerprint density at radius 3 is 1.93 bits per heavy atom. The zero-order valence-electron chi connectivity index (χ0n) is 25.5. The first kappa shape index (κ1) is 26.4. The van der Waals surface area contributed by atoms with Crippen LogP contribution in [0.1, 0.15) is 5.56 Å². The molecular weight excluding hydrogens is 556 g/mol. The van der Waals surface area contributed by atoms with Crippen molar-refractivity contribution < 1.29 is 0 Å². The van der Waals surface area contributed by atoms with Gasteiger partial charge < -0.3 is 0 Å². The predicted octanol–water partition coefficient (Wildman–Crippen LogP) is 11.8. The van der Waals surface area contributed by atoms with E-state index >= 15 is 0 Å². The molecule has 0 saturated carbocycles. The van der Waals surface area contributed by atoms with Crippen molar-refractivity contribution in [3.05, 3.63) is 169 Å². The molecule has 0 spiro atoms. The van der Waals surface area contributed by atoms with E-state index in [0.717, 1.165) is 28.1 Å². The average Bonchev–Trinajstić information content (AvgIpc) is 3.51. The molecule has 0 fully saturated rings. The lowest BCUT2D eigenvalue weighted by molar-refractivity contribution is 1.10. The Hall–Kier alpha value is -5.99. The lowest BCUT2D eigenvalue weighted by atomic mass is 9.84. The van der Waals surface area contributed by atoms with Gasteiger partial charge in [0.05, 0.1) is 11.0 Å². The number of aryl methyl sites for hydroxylation is 1. The first-order chi connectivity index (χ1) is 22.7. The fourth-order valence-electron chi connectivity index (χ4n) is 7.21. The third-order valence-corrected chi connectivity index (χ3v) is 9.30. The quantitative estimate of drug-likeness (QED) is 0.188. The van der Waals surface area contributed by atoms with E-state index in [9.17, 15) is 0 Å². The van der Waals surface area contributed by atoms with Gasteiger partial charge in [0.25, 0.3) is 0 Å². The summed E-state index contributed by atoms with van der Waals surface area (Å²) in [5.41, 5.74) is 10.6. The van der Waals surface area contributed by atoms with Gasteiger partial charge in [-0.15, -0.1) is 0 Å². The lowest BCUT2D eigenvalue weighted by Gasteiger charge is -2.20. The number of fused-ring (bicyclic) bond motifs is 4. The Bertz CT molecular complexity index is 2570. The first-order valence-corrected chi connectivity index (χ1v) is 15.8. The number of imidazole rings is 1. The minimum atomic E-state index is 0.945. The summed E-state index contributed by atoms with van der Waals surface area (Å²) in [5.74, 6) is 0.945. The van der Waals surface area contributed by atoms with Gasteiger partial charge in [0.1, 0.15) is 5.82 Å². The molecule has 0 atom stereocenters. The second kappa shape index (κ2) is 10.6. The number of benzene rings is 8. The fourth-order valence-corrected chi connectivity index (χ4v) is 7.21. The van der Waals surface area contributed by atoms with E-state index in [4.69, 9.17) is 4.98 Å². The molecule has 216 valence electrons. The van der Waals surface area contributed by atoms with Crippen LogP contribution in [0, 0.1) is 6.92 Å². The maximum atomic E-state index is 5.05. The monoisotopic (exact) mass is 586 g/mol. The molecule has 8 aromatic carbocycles. The lowest BCUT2D eigenvalue weighted by Crippen LogP contribution is -1.98. The molecule has 9 rings (SSSR count). The van der Waals surface area contributed by atoms with E-state index in [-0.39, 0.29) is 0 Å². The van der Waals surface area contributed by atoms with Crippen molar-refractivity contribution in [3.63, 3.8) is 0 Å². The summed E-state index contributed by atoms with van der Waals surface area (Å²) >= 11 is 0. The van der Waals surface area contributed by atoms with E-state index in [2.05, 4.69) is 169 Å². The SMILES string of the molecule is Cc1cccc2c(-c3ccc4ccccc4c3)c3ccccc3c(-c3ccc(-n4c(-c5ccccc5)nc5ccccc54)cc3)c12. The Kier molecular flexibility index (Phi) is 6.07. The second-order valence-electron chi connectivity index (χ2n) is 12.0. The Labute approximate surface area is 267 Å². The molecule has 0 amide bonds. The van der Waals surface area contributed by atoms with Gasteiger partial charge in [0.2, 0.25) is 0 Å². The van der Waals surface area contributed by atoms with Crippen molar-refractivity contribution in [1.82, 2.24) is 9.55 Å². The number of aromatic nitrogens is 2. The van der Waals surface area contributed by atoms with Crippen LogP contribution in [0.3, 0.4) is 0 Å². The number of hydrogen-bond acceptors (Lipinski definition) is 1. The normalized spacial score (nSPS) is 11.6. The van der Waals surface area contributed by atoms with Crippen molar-refractivity contribution >= 4 is 43.4 Å². The highest BCUT2D eigenvalue weighted by molar-refractivity contribution is 6.22. The summed E-state index contributed by atoms with van der Waals surface area (Å²) in [6.45, 7) is 2.24. The minimum absolute atomic E-state index is 0.945. The molecule has 0 N–H and O–H groups in total. The summed E-state index contributed by atoms with van der Waals surface area (Å²) in [6, 6.07) is 59.0. The highest BCUT2D eigenvalue weighted by atomic mass is 15.1. The number of nitrogens with zero attached hydrogens (tertiary/aromatic N) is 2. The zero-order valence-corrected chi connectivity index (χ0v) is 25.5. The molecule has 0 radical (unpaired) electrons. The molecule has 0 aliphatic rings. The largest absolute Gasteiger partial charge is 0.292 e. The Morgan fingerprint density at radius 1 is 0.457 bits per heavy atom. The van der Waals surface area contributed by atoms with Crippen LogP contribution in [0.4, 0.5) is 0 Å². The van der Waals surface area contributed by atoms with Crippen LogP contribution in [0.5, 0.6) is 0 Å². The predicted molar refractivity (Wildman–Crippen MR) is 195 cm³/mol. The van der Waals surface area contributed by atoms with Gasteiger partial charge in [-0.1, -0.05) is 133 Å². The standard InChI is InChI=1S/C44H30N2/c1-29-12-11-19-38-41(29)43(37-18-8-7-17-36(37)42(38)34-23-22-30-13-5-6-16-33(30)28-34)31-24-26-35(27-25-31)46-40-21-10-9-20-39(40)45-44(46)32-14-3-2-4-15-32/h2-28H,1H3. The van der Waals surface area contributed by atoms with Gasteiger partial charge in [-0.3, -0.25) is 4.57 Å². The number of rotatable bonds is 4. The van der Waals surface area contributed by atoms with E-state index in [0.29, 0.717) is 0 Å². The Balaban J connectivity index is 1.28. The van der Waals surface area contributed by atoms with E-state index < -0.39 is 0 Å². The molecule has 0 aliphatic heterocycles. The van der Waals surface area contributed by atoms with E-state index in [1.54, 1.807) is 0 Å². The maximum Gasteiger partial charge on any atom is 0.145 e.